The van der Waals surface area contributed by atoms with Gasteiger partial charge in [0.2, 0.25) is 0 Å². The summed E-state index contributed by atoms with van der Waals surface area (Å²) in [6.07, 6.45) is 5.15. The quantitative estimate of drug-likeness (QED) is 0.768. The van der Waals surface area contributed by atoms with Crippen molar-refractivity contribution in [3.8, 4) is 0 Å². The highest BCUT2D eigenvalue weighted by Gasteiger charge is 2.51. The molecule has 0 aliphatic heterocycles. The fourth-order valence-electron chi connectivity index (χ4n) is 3.55. The second-order valence-electron chi connectivity index (χ2n) is 6.25. The Balaban J connectivity index is 3.09. The average Bonchev–Trinajstić information content (AvgIpc) is 2.29. The van der Waals surface area contributed by atoms with Crippen LogP contribution in [0, 0.1) is 11.8 Å². The van der Waals surface area contributed by atoms with Crippen LogP contribution in [-0.2, 0) is 14.3 Å². The first-order chi connectivity index (χ1) is 8.73. The Kier molecular flexibility index (Phi) is 4.96. The van der Waals surface area contributed by atoms with Crippen LogP contribution in [0.3, 0.4) is 0 Å². The van der Waals surface area contributed by atoms with E-state index in [-0.39, 0.29) is 5.92 Å². The van der Waals surface area contributed by atoms with E-state index in [1.165, 1.54) is 19.8 Å². The Hall–Kier alpha value is -1.10. The van der Waals surface area contributed by atoms with Crippen LogP contribution < -0.4 is 5.73 Å². The molecular weight excluding hydrogens is 246 g/mol. The summed E-state index contributed by atoms with van der Waals surface area (Å²) in [5.74, 6) is -1.34. The van der Waals surface area contributed by atoms with Crippen LogP contribution >= 0.6 is 0 Å². The summed E-state index contributed by atoms with van der Waals surface area (Å²) < 4.78 is 5.03. The lowest BCUT2D eigenvalue weighted by atomic mass is 9.64. The SMILES string of the molecule is CC(C)(O[C]=O)C(C1CCCCC1)[C@](C)(N)C(=O)O. The maximum absolute atomic E-state index is 11.5. The zero-order valence-corrected chi connectivity index (χ0v) is 11.9. The zero-order valence-electron chi connectivity index (χ0n) is 11.9. The molecule has 5 heteroatoms. The highest BCUT2D eigenvalue weighted by Crippen LogP contribution is 2.42. The van der Waals surface area contributed by atoms with Crippen molar-refractivity contribution in [2.24, 2.45) is 17.6 Å². The Morgan fingerprint density at radius 3 is 2.26 bits per heavy atom. The van der Waals surface area contributed by atoms with Gasteiger partial charge >= 0.3 is 12.4 Å². The summed E-state index contributed by atoms with van der Waals surface area (Å²) in [5, 5.41) is 9.39. The van der Waals surface area contributed by atoms with Gasteiger partial charge in [0, 0.05) is 5.92 Å². The summed E-state index contributed by atoms with van der Waals surface area (Å²) in [6.45, 7) is 6.37. The molecule has 2 atom stereocenters. The van der Waals surface area contributed by atoms with E-state index < -0.39 is 23.0 Å². The molecule has 1 fully saturated rings. The van der Waals surface area contributed by atoms with Crippen molar-refractivity contribution >= 4 is 12.4 Å². The largest absolute Gasteiger partial charge is 0.480 e. The molecule has 0 amide bonds. The molecule has 1 radical (unpaired) electrons. The lowest BCUT2D eigenvalue weighted by Crippen LogP contribution is -2.61. The Morgan fingerprint density at radius 2 is 1.84 bits per heavy atom. The first kappa shape index (κ1) is 16.0. The predicted octanol–water partition coefficient (Wildman–Crippen LogP) is 1.85. The lowest BCUT2D eigenvalue weighted by molar-refractivity contribution is -0.152. The number of hydrogen-bond donors (Lipinski definition) is 2. The second kappa shape index (κ2) is 5.90. The fraction of sp³-hybridized carbons (Fsp3) is 0.857. The Labute approximate surface area is 114 Å². The van der Waals surface area contributed by atoms with Gasteiger partial charge in [0.15, 0.2) is 0 Å². The van der Waals surface area contributed by atoms with E-state index in [9.17, 15) is 14.7 Å². The lowest BCUT2D eigenvalue weighted by Gasteiger charge is -2.45. The normalized spacial score (nSPS) is 22.3. The highest BCUT2D eigenvalue weighted by atomic mass is 16.5. The number of carboxylic acid groups (broad SMARTS) is 1. The van der Waals surface area contributed by atoms with Gasteiger partial charge in [-0.05, 0) is 39.5 Å². The number of rotatable bonds is 6. The van der Waals surface area contributed by atoms with Gasteiger partial charge in [-0.25, -0.2) is 4.79 Å². The summed E-state index contributed by atoms with van der Waals surface area (Å²) in [6, 6.07) is 0. The molecule has 109 valence electrons. The van der Waals surface area contributed by atoms with Gasteiger partial charge in [-0.3, -0.25) is 4.79 Å². The molecule has 0 heterocycles. The fourth-order valence-corrected chi connectivity index (χ4v) is 3.55. The topological polar surface area (TPSA) is 89.6 Å². The standard InChI is InChI=1S/C14H24NO4/c1-13(2,19-9-16)11(14(3,15)12(17)18)10-7-5-4-6-8-10/h10-11H,4-8,15H2,1-3H3,(H,17,18)/t11?,14-/m0/s1. The summed E-state index contributed by atoms with van der Waals surface area (Å²) in [5.41, 5.74) is 3.67. The van der Waals surface area contributed by atoms with Crippen molar-refractivity contribution < 1.29 is 19.4 Å². The van der Waals surface area contributed by atoms with Crippen LogP contribution in [0.15, 0.2) is 0 Å². The van der Waals surface area contributed by atoms with Gasteiger partial charge in [-0.1, -0.05) is 19.3 Å². The third-order valence-electron chi connectivity index (χ3n) is 4.28. The number of carbonyl (C=O) groups excluding carboxylic acids is 1. The summed E-state index contributed by atoms with van der Waals surface area (Å²) in [7, 11) is 0. The van der Waals surface area contributed by atoms with Gasteiger partial charge in [-0.2, -0.15) is 0 Å². The maximum atomic E-state index is 11.5. The van der Waals surface area contributed by atoms with Crippen LogP contribution in [0.4, 0.5) is 0 Å². The molecule has 1 aliphatic rings. The number of hydrogen-bond acceptors (Lipinski definition) is 4. The summed E-state index contributed by atoms with van der Waals surface area (Å²) in [4.78, 5) is 22.0. The smallest absolute Gasteiger partial charge is 0.418 e. The van der Waals surface area contributed by atoms with Gasteiger partial charge in [0.1, 0.15) is 11.1 Å². The molecule has 5 nitrogen and oxygen atoms in total. The van der Waals surface area contributed by atoms with Crippen molar-refractivity contribution in [3.63, 3.8) is 0 Å². The minimum atomic E-state index is -1.43. The molecule has 1 aliphatic carbocycles. The molecule has 0 saturated heterocycles. The van der Waals surface area contributed by atoms with E-state index in [1.54, 1.807) is 13.8 Å². The van der Waals surface area contributed by atoms with E-state index in [2.05, 4.69) is 0 Å². The van der Waals surface area contributed by atoms with Crippen LogP contribution in [0.25, 0.3) is 0 Å². The number of carbonyl (C=O) groups is 1. The molecule has 3 N–H and O–H groups in total. The van der Waals surface area contributed by atoms with Crippen molar-refractivity contribution in [2.75, 3.05) is 0 Å². The van der Waals surface area contributed by atoms with Crippen molar-refractivity contribution in [1.29, 1.82) is 0 Å². The van der Waals surface area contributed by atoms with E-state index in [0.29, 0.717) is 0 Å². The van der Waals surface area contributed by atoms with Crippen LogP contribution in [0.2, 0.25) is 0 Å². The molecule has 1 unspecified atom stereocenters. The van der Waals surface area contributed by atoms with Gasteiger partial charge in [-0.15, -0.1) is 0 Å². The van der Waals surface area contributed by atoms with Crippen molar-refractivity contribution in [3.05, 3.63) is 0 Å². The maximum Gasteiger partial charge on any atom is 0.418 e. The molecule has 0 aromatic heterocycles. The van der Waals surface area contributed by atoms with Gasteiger partial charge in [0.25, 0.3) is 0 Å². The van der Waals surface area contributed by atoms with E-state index in [1.807, 2.05) is 0 Å². The third kappa shape index (κ3) is 3.47. The number of nitrogens with two attached hydrogens (primary N) is 1. The van der Waals surface area contributed by atoms with Crippen molar-refractivity contribution in [1.82, 2.24) is 0 Å². The van der Waals surface area contributed by atoms with Crippen LogP contribution in [0.5, 0.6) is 0 Å². The molecule has 19 heavy (non-hydrogen) atoms. The zero-order chi connectivity index (χ0) is 14.7. The molecule has 1 saturated carbocycles. The van der Waals surface area contributed by atoms with Crippen LogP contribution in [-0.4, -0.2) is 28.7 Å². The minimum absolute atomic E-state index is 0.156. The van der Waals surface area contributed by atoms with E-state index in [4.69, 9.17) is 10.5 Å². The summed E-state index contributed by atoms with van der Waals surface area (Å²) >= 11 is 0. The molecular formula is C14H24NO4. The molecule has 0 aromatic rings. The highest BCUT2D eigenvalue weighted by molar-refractivity contribution is 5.78. The van der Waals surface area contributed by atoms with Gasteiger partial charge in [0.05, 0.1) is 0 Å². The first-order valence-corrected chi connectivity index (χ1v) is 6.81. The molecule has 1 rings (SSSR count). The third-order valence-corrected chi connectivity index (χ3v) is 4.28. The minimum Gasteiger partial charge on any atom is -0.480 e. The molecule has 0 aromatic carbocycles. The monoisotopic (exact) mass is 270 g/mol. The predicted molar refractivity (Wildman–Crippen MR) is 71.2 cm³/mol. The van der Waals surface area contributed by atoms with E-state index >= 15 is 0 Å². The average molecular weight is 270 g/mol. The second-order valence-corrected chi connectivity index (χ2v) is 6.25. The number of aliphatic carboxylic acids is 1. The molecule has 0 spiro atoms. The van der Waals surface area contributed by atoms with Gasteiger partial charge < -0.3 is 15.6 Å². The Morgan fingerprint density at radius 1 is 1.32 bits per heavy atom. The molecule has 0 bridgehead atoms. The van der Waals surface area contributed by atoms with E-state index in [0.717, 1.165) is 25.7 Å². The van der Waals surface area contributed by atoms with Crippen molar-refractivity contribution in [2.45, 2.75) is 64.0 Å². The first-order valence-electron chi connectivity index (χ1n) is 6.81. The number of carboxylic acids is 1. The Bertz CT molecular complexity index is 332. The number of ether oxygens (including phenoxy) is 1. The van der Waals surface area contributed by atoms with Crippen LogP contribution in [0.1, 0.15) is 52.9 Å².